The maximum Gasteiger partial charge on any atom is 0.278 e. The van der Waals surface area contributed by atoms with Crippen LogP contribution in [0.5, 0.6) is 0 Å². The molecule has 1 aliphatic heterocycles. The maximum atomic E-state index is 11.3. The standard InChI is InChI=1S/C6H4ClN3O2S/c7-6-5-4(2-1-3-8-5)13(11,12)10-9-6/h1-3,10H. The van der Waals surface area contributed by atoms with Gasteiger partial charge in [-0.15, -0.1) is 0 Å². The molecule has 2 heterocycles. The predicted molar refractivity (Wildman–Crippen MR) is 46.9 cm³/mol. The molecule has 0 atom stereocenters. The summed E-state index contributed by atoms with van der Waals surface area (Å²) < 4.78 is 22.6. The molecule has 13 heavy (non-hydrogen) atoms. The van der Waals surface area contributed by atoms with Gasteiger partial charge in [-0.1, -0.05) is 11.6 Å². The van der Waals surface area contributed by atoms with E-state index in [2.05, 4.69) is 10.1 Å². The molecule has 0 fully saturated rings. The van der Waals surface area contributed by atoms with E-state index >= 15 is 0 Å². The maximum absolute atomic E-state index is 11.3. The van der Waals surface area contributed by atoms with Crippen molar-refractivity contribution in [3.63, 3.8) is 0 Å². The molecule has 1 aliphatic rings. The van der Waals surface area contributed by atoms with Crippen molar-refractivity contribution in [1.82, 2.24) is 9.82 Å². The van der Waals surface area contributed by atoms with Gasteiger partial charge in [-0.05, 0) is 12.1 Å². The van der Waals surface area contributed by atoms with E-state index in [9.17, 15) is 8.42 Å². The van der Waals surface area contributed by atoms with Gasteiger partial charge in [0, 0.05) is 6.20 Å². The van der Waals surface area contributed by atoms with Gasteiger partial charge in [0.15, 0.2) is 5.17 Å². The Hall–Kier alpha value is -1.14. The van der Waals surface area contributed by atoms with Crippen LogP contribution in [0.4, 0.5) is 0 Å². The summed E-state index contributed by atoms with van der Waals surface area (Å²) >= 11 is 5.64. The zero-order valence-corrected chi connectivity index (χ0v) is 7.80. The van der Waals surface area contributed by atoms with Crippen LogP contribution in [-0.2, 0) is 10.0 Å². The molecule has 2 rings (SSSR count). The summed E-state index contributed by atoms with van der Waals surface area (Å²) in [7, 11) is -3.56. The Bertz CT molecular complexity index is 482. The van der Waals surface area contributed by atoms with Gasteiger partial charge in [-0.25, -0.2) is 0 Å². The summed E-state index contributed by atoms with van der Waals surface area (Å²) in [6, 6.07) is 2.94. The lowest BCUT2D eigenvalue weighted by molar-refractivity contribution is 0.582. The lowest BCUT2D eigenvalue weighted by Crippen LogP contribution is -2.26. The lowest BCUT2D eigenvalue weighted by atomic mass is 10.4. The first kappa shape index (κ1) is 8.46. The summed E-state index contributed by atoms with van der Waals surface area (Å²) in [4.78, 5) is 5.82. The largest absolute Gasteiger partial charge is 0.278 e. The van der Waals surface area contributed by atoms with Crippen LogP contribution in [0, 0.1) is 0 Å². The average molecular weight is 218 g/mol. The first-order valence-electron chi connectivity index (χ1n) is 3.31. The lowest BCUT2D eigenvalue weighted by Gasteiger charge is -2.12. The Morgan fingerprint density at radius 1 is 1.46 bits per heavy atom. The Balaban J connectivity index is 2.79. The van der Waals surface area contributed by atoms with Crippen LogP contribution >= 0.6 is 11.6 Å². The molecular weight excluding hydrogens is 214 g/mol. The van der Waals surface area contributed by atoms with E-state index < -0.39 is 10.0 Å². The minimum absolute atomic E-state index is 0.0467. The second-order valence-electron chi connectivity index (χ2n) is 2.35. The zero-order chi connectivity index (χ0) is 9.47. The Labute approximate surface area is 79.5 Å². The van der Waals surface area contributed by atoms with Crippen LogP contribution in [0.2, 0.25) is 0 Å². The summed E-state index contributed by atoms with van der Waals surface area (Å²) in [6.45, 7) is 0. The first-order chi connectivity index (χ1) is 6.11. The SMILES string of the molecule is O=S1(=O)NN=C(Cl)c2ncccc21. The Morgan fingerprint density at radius 3 is 2.92 bits per heavy atom. The Kier molecular flexibility index (Phi) is 1.74. The smallest absolute Gasteiger partial charge is 0.252 e. The number of nitrogens with zero attached hydrogens (tertiary/aromatic N) is 2. The van der Waals surface area contributed by atoms with E-state index in [0.717, 1.165) is 0 Å². The van der Waals surface area contributed by atoms with E-state index in [0.29, 0.717) is 0 Å². The number of hydrogen-bond acceptors (Lipinski definition) is 4. The molecular formula is C6H4ClN3O2S. The summed E-state index contributed by atoms with van der Waals surface area (Å²) in [5.41, 5.74) is 0.183. The fourth-order valence-electron chi connectivity index (χ4n) is 0.965. The molecule has 1 N–H and O–H groups in total. The summed E-state index contributed by atoms with van der Waals surface area (Å²) in [6.07, 6.45) is 1.46. The minimum Gasteiger partial charge on any atom is -0.252 e. The van der Waals surface area contributed by atoms with Crippen LogP contribution in [0.3, 0.4) is 0 Å². The highest BCUT2D eigenvalue weighted by Gasteiger charge is 2.25. The number of pyridine rings is 1. The highest BCUT2D eigenvalue weighted by Crippen LogP contribution is 2.18. The van der Waals surface area contributed by atoms with Gasteiger partial charge in [0.2, 0.25) is 0 Å². The number of hydrazone groups is 1. The Morgan fingerprint density at radius 2 is 2.23 bits per heavy atom. The van der Waals surface area contributed by atoms with Gasteiger partial charge in [0.25, 0.3) is 10.0 Å². The van der Waals surface area contributed by atoms with E-state index in [1.807, 2.05) is 4.83 Å². The summed E-state index contributed by atoms with van der Waals surface area (Å²) in [5, 5.41) is 3.45. The fourth-order valence-corrected chi connectivity index (χ4v) is 2.24. The number of fused-ring (bicyclic) bond motifs is 1. The molecule has 1 aromatic rings. The topological polar surface area (TPSA) is 71.4 Å². The normalized spacial score (nSPS) is 18.4. The molecule has 1 aromatic heterocycles. The van der Waals surface area contributed by atoms with Crippen molar-refractivity contribution < 1.29 is 8.42 Å². The van der Waals surface area contributed by atoms with E-state index in [-0.39, 0.29) is 15.8 Å². The van der Waals surface area contributed by atoms with Crippen molar-refractivity contribution in [2.75, 3.05) is 0 Å². The van der Waals surface area contributed by atoms with Crippen molar-refractivity contribution in [3.05, 3.63) is 24.0 Å². The molecule has 0 saturated carbocycles. The van der Waals surface area contributed by atoms with Gasteiger partial charge in [0.1, 0.15) is 10.6 Å². The van der Waals surface area contributed by atoms with Crippen molar-refractivity contribution in [1.29, 1.82) is 0 Å². The molecule has 68 valence electrons. The van der Waals surface area contributed by atoms with Crippen LogP contribution < -0.4 is 4.83 Å². The van der Waals surface area contributed by atoms with Crippen molar-refractivity contribution >= 4 is 26.8 Å². The van der Waals surface area contributed by atoms with Crippen LogP contribution in [0.25, 0.3) is 0 Å². The van der Waals surface area contributed by atoms with Gasteiger partial charge >= 0.3 is 0 Å². The molecule has 5 nitrogen and oxygen atoms in total. The molecule has 0 amide bonds. The molecule has 0 spiro atoms. The molecule has 0 radical (unpaired) electrons. The number of rotatable bonds is 0. The van der Waals surface area contributed by atoms with E-state index in [1.54, 1.807) is 0 Å². The third-order valence-electron chi connectivity index (χ3n) is 1.52. The second kappa shape index (κ2) is 2.68. The zero-order valence-electron chi connectivity index (χ0n) is 6.23. The first-order valence-corrected chi connectivity index (χ1v) is 5.18. The third kappa shape index (κ3) is 1.27. The van der Waals surface area contributed by atoms with Gasteiger partial charge in [0.05, 0.1) is 0 Å². The van der Waals surface area contributed by atoms with E-state index in [1.165, 1.54) is 18.3 Å². The van der Waals surface area contributed by atoms with Crippen molar-refractivity contribution in [2.24, 2.45) is 5.10 Å². The van der Waals surface area contributed by atoms with Gasteiger partial charge in [-0.2, -0.15) is 18.4 Å². The molecule has 0 bridgehead atoms. The fraction of sp³-hybridized carbons (Fsp3) is 0. The minimum atomic E-state index is -3.56. The predicted octanol–water partition coefficient (Wildman–Crippen LogP) is 0.274. The molecule has 0 saturated heterocycles. The number of nitrogens with one attached hydrogen (secondary N) is 1. The monoisotopic (exact) mass is 217 g/mol. The highest BCUT2D eigenvalue weighted by molar-refractivity contribution is 7.89. The van der Waals surface area contributed by atoms with Crippen LogP contribution in [0.15, 0.2) is 28.3 Å². The third-order valence-corrected chi connectivity index (χ3v) is 3.02. The van der Waals surface area contributed by atoms with Crippen molar-refractivity contribution in [2.45, 2.75) is 4.90 Å². The van der Waals surface area contributed by atoms with Gasteiger partial charge in [-0.3, -0.25) is 4.98 Å². The number of hydrogen-bond donors (Lipinski definition) is 1. The number of halogens is 1. The molecule has 0 aromatic carbocycles. The van der Waals surface area contributed by atoms with Crippen LogP contribution in [-0.4, -0.2) is 18.6 Å². The molecule has 7 heteroatoms. The highest BCUT2D eigenvalue weighted by atomic mass is 35.5. The van der Waals surface area contributed by atoms with Crippen molar-refractivity contribution in [3.8, 4) is 0 Å². The number of aromatic nitrogens is 1. The average Bonchev–Trinajstić information content (AvgIpc) is 2.13. The summed E-state index contributed by atoms with van der Waals surface area (Å²) in [5.74, 6) is 0. The quantitative estimate of drug-likeness (QED) is 0.678. The van der Waals surface area contributed by atoms with E-state index in [4.69, 9.17) is 11.6 Å². The van der Waals surface area contributed by atoms with Crippen LogP contribution in [0.1, 0.15) is 5.69 Å². The van der Waals surface area contributed by atoms with Gasteiger partial charge < -0.3 is 0 Å². The second-order valence-corrected chi connectivity index (χ2v) is 4.33. The number of sulfonamides is 1. The molecule has 0 unspecified atom stereocenters. The molecule has 0 aliphatic carbocycles.